The van der Waals surface area contributed by atoms with Crippen LogP contribution in [0.15, 0.2) is 0 Å². The molecule has 8 nitrogen and oxygen atoms in total. The van der Waals surface area contributed by atoms with E-state index in [4.69, 9.17) is 40.3 Å². The van der Waals surface area contributed by atoms with Crippen LogP contribution in [0.4, 0.5) is 0 Å². The normalized spacial score (nSPS) is 25.4. The predicted molar refractivity (Wildman–Crippen MR) is 114 cm³/mol. The summed E-state index contributed by atoms with van der Waals surface area (Å²) in [6.07, 6.45) is 10.5. The maximum atomic E-state index is 10.7. The molecule has 2 saturated carbocycles. The third kappa shape index (κ3) is 8.24. The summed E-state index contributed by atoms with van der Waals surface area (Å²) in [6.45, 7) is 4.42. The first kappa shape index (κ1) is 25.9. The maximum absolute atomic E-state index is 10.7. The average Bonchev–Trinajstić information content (AvgIpc) is 3.30. The Balaban J connectivity index is 0.000000200. The van der Waals surface area contributed by atoms with Crippen LogP contribution in [0.5, 0.6) is 0 Å². The minimum Gasteiger partial charge on any atom is -0.388 e. The van der Waals surface area contributed by atoms with E-state index in [-0.39, 0.29) is 6.00 Å². The average molecular weight is 410 g/mol. The Hall–Kier alpha value is -1.16. The standard InChI is InChI=1S/C6H10N2O2.C6H14N2.C4H7BO.C4H8O/c7-4(9)6(5(8)10)2-1-3-6;7-4-6(5-8)2-1-3-6;5-4-2-1-3-6-4;1-2-4-5-3-1/h1-3H2,(H2,7,9)(H2,8,10);1-5,7-8H2;4H,1-3H2;1-4H2. The zero-order valence-corrected chi connectivity index (χ0v) is 17.7. The number of ether oxygens (including phenoxy) is 2. The van der Waals surface area contributed by atoms with E-state index in [1.165, 1.54) is 32.1 Å². The van der Waals surface area contributed by atoms with Gasteiger partial charge in [-0.25, -0.2) is 0 Å². The SMILES string of the molecule is C1CCOC1.NC(=O)C1(C(N)=O)CCC1.NCC1(CN)CCC1.[B]C1CCCO1. The summed E-state index contributed by atoms with van der Waals surface area (Å²) in [5.41, 5.74) is 20.3. The van der Waals surface area contributed by atoms with Crippen molar-refractivity contribution < 1.29 is 19.1 Å². The zero-order chi connectivity index (χ0) is 21.8. The Morgan fingerprint density at radius 2 is 1.34 bits per heavy atom. The molecule has 29 heavy (non-hydrogen) atoms. The van der Waals surface area contributed by atoms with Crippen LogP contribution in [0.2, 0.25) is 0 Å². The van der Waals surface area contributed by atoms with Gasteiger partial charge in [-0.15, -0.1) is 0 Å². The van der Waals surface area contributed by atoms with E-state index < -0.39 is 17.2 Å². The van der Waals surface area contributed by atoms with Crippen molar-refractivity contribution >= 4 is 19.7 Å². The number of hydrogen-bond donors (Lipinski definition) is 4. The highest BCUT2D eigenvalue weighted by Gasteiger charge is 2.48. The highest BCUT2D eigenvalue weighted by atomic mass is 16.5. The Bertz CT molecular complexity index is 452. The van der Waals surface area contributed by atoms with Crippen molar-refractivity contribution in [1.82, 2.24) is 0 Å². The van der Waals surface area contributed by atoms with E-state index >= 15 is 0 Å². The molecule has 0 aromatic rings. The van der Waals surface area contributed by atoms with Crippen molar-refractivity contribution in [1.29, 1.82) is 0 Å². The van der Waals surface area contributed by atoms with Gasteiger partial charge in [-0.3, -0.25) is 9.59 Å². The number of rotatable bonds is 4. The van der Waals surface area contributed by atoms with Crippen LogP contribution in [0.3, 0.4) is 0 Å². The Morgan fingerprint density at radius 3 is 1.41 bits per heavy atom. The first-order chi connectivity index (χ1) is 13.8. The lowest BCUT2D eigenvalue weighted by molar-refractivity contribution is -0.145. The van der Waals surface area contributed by atoms with Gasteiger partial charge in [0.1, 0.15) is 13.3 Å². The monoisotopic (exact) mass is 410 g/mol. The minimum absolute atomic E-state index is 0.0463. The fraction of sp³-hybridized carbons (Fsp3) is 0.900. The molecule has 0 bridgehead atoms. The summed E-state index contributed by atoms with van der Waals surface area (Å²) in [6, 6.07) is 0.0463. The molecular formula is C20H39BN4O4. The van der Waals surface area contributed by atoms with Crippen molar-refractivity contribution in [3.8, 4) is 0 Å². The number of carbonyl (C=O) groups excluding carboxylic acids is 2. The molecule has 2 aliphatic carbocycles. The van der Waals surface area contributed by atoms with Gasteiger partial charge in [0, 0.05) is 25.8 Å². The number of amides is 2. The third-order valence-corrected chi connectivity index (χ3v) is 6.22. The van der Waals surface area contributed by atoms with E-state index in [1.807, 2.05) is 0 Å². The van der Waals surface area contributed by atoms with Crippen molar-refractivity contribution in [2.24, 2.45) is 33.8 Å². The molecule has 0 aromatic heterocycles. The molecule has 8 N–H and O–H groups in total. The number of carbonyl (C=O) groups is 2. The van der Waals surface area contributed by atoms with E-state index in [9.17, 15) is 9.59 Å². The highest BCUT2D eigenvalue weighted by Crippen LogP contribution is 2.40. The topological polar surface area (TPSA) is 157 Å². The van der Waals surface area contributed by atoms with Gasteiger partial charge in [-0.2, -0.15) is 0 Å². The predicted octanol–water partition coefficient (Wildman–Crippen LogP) is 0.290. The van der Waals surface area contributed by atoms with Crippen LogP contribution in [0.25, 0.3) is 0 Å². The molecule has 4 rings (SSSR count). The van der Waals surface area contributed by atoms with Gasteiger partial charge in [0.05, 0.1) is 0 Å². The molecule has 0 spiro atoms. The van der Waals surface area contributed by atoms with Gasteiger partial charge in [-0.05, 0) is 69.9 Å². The van der Waals surface area contributed by atoms with Gasteiger partial charge in [0.25, 0.3) is 0 Å². The van der Waals surface area contributed by atoms with E-state index in [1.54, 1.807) is 0 Å². The molecular weight excluding hydrogens is 371 g/mol. The van der Waals surface area contributed by atoms with Gasteiger partial charge < -0.3 is 32.4 Å². The van der Waals surface area contributed by atoms with Crippen LogP contribution < -0.4 is 22.9 Å². The van der Waals surface area contributed by atoms with E-state index in [0.29, 0.717) is 18.3 Å². The van der Waals surface area contributed by atoms with Gasteiger partial charge in [0.15, 0.2) is 0 Å². The largest absolute Gasteiger partial charge is 0.388 e. The molecule has 4 aliphatic rings. The van der Waals surface area contributed by atoms with Crippen LogP contribution >= 0.6 is 0 Å². The molecule has 4 fully saturated rings. The smallest absolute Gasteiger partial charge is 0.233 e. The zero-order valence-electron chi connectivity index (χ0n) is 17.7. The Kier molecular flexibility index (Phi) is 11.8. The lowest BCUT2D eigenvalue weighted by Gasteiger charge is -2.39. The van der Waals surface area contributed by atoms with Gasteiger partial charge >= 0.3 is 0 Å². The summed E-state index contributed by atoms with van der Waals surface area (Å²) in [4.78, 5) is 21.3. The van der Waals surface area contributed by atoms with E-state index in [0.717, 1.165) is 52.2 Å². The number of primary amides is 2. The molecule has 1 atom stereocenters. The molecule has 2 radical (unpaired) electrons. The molecule has 2 heterocycles. The fourth-order valence-corrected chi connectivity index (χ4v) is 3.43. The number of nitrogens with two attached hydrogens (primary N) is 4. The fourth-order valence-electron chi connectivity index (χ4n) is 3.43. The second-order valence-electron chi connectivity index (χ2n) is 8.30. The summed E-state index contributed by atoms with van der Waals surface area (Å²) in [7, 11) is 5.31. The summed E-state index contributed by atoms with van der Waals surface area (Å²) in [5.74, 6) is -1.16. The molecule has 2 aliphatic heterocycles. The van der Waals surface area contributed by atoms with Crippen LogP contribution in [-0.2, 0) is 19.1 Å². The molecule has 166 valence electrons. The van der Waals surface area contributed by atoms with Crippen LogP contribution in [0.1, 0.15) is 64.2 Å². The molecule has 0 aromatic carbocycles. The molecule has 2 amide bonds. The van der Waals surface area contributed by atoms with Crippen LogP contribution in [-0.4, -0.2) is 58.6 Å². The first-order valence-corrected chi connectivity index (χ1v) is 10.8. The second-order valence-corrected chi connectivity index (χ2v) is 8.30. The quantitative estimate of drug-likeness (QED) is 0.385. The molecule has 2 saturated heterocycles. The van der Waals surface area contributed by atoms with Crippen LogP contribution in [0, 0.1) is 10.8 Å². The number of hydrogen-bond acceptors (Lipinski definition) is 6. The van der Waals surface area contributed by atoms with Crippen molar-refractivity contribution in [3.63, 3.8) is 0 Å². The summed E-state index contributed by atoms with van der Waals surface area (Å²) in [5, 5.41) is 0. The minimum atomic E-state index is -1.00. The summed E-state index contributed by atoms with van der Waals surface area (Å²) >= 11 is 0. The lowest BCUT2D eigenvalue weighted by Crippen LogP contribution is -2.52. The maximum Gasteiger partial charge on any atom is 0.233 e. The van der Waals surface area contributed by atoms with Gasteiger partial charge in [-0.1, -0.05) is 12.8 Å². The highest BCUT2D eigenvalue weighted by molar-refractivity contribution is 6.11. The summed E-state index contributed by atoms with van der Waals surface area (Å²) < 4.78 is 9.88. The van der Waals surface area contributed by atoms with E-state index in [2.05, 4.69) is 0 Å². The Morgan fingerprint density at radius 1 is 0.828 bits per heavy atom. The Labute approximate surface area is 176 Å². The first-order valence-electron chi connectivity index (χ1n) is 10.8. The lowest BCUT2D eigenvalue weighted by atomic mass is 9.68. The second kappa shape index (κ2) is 13.2. The molecule has 9 heteroatoms. The van der Waals surface area contributed by atoms with Crippen molar-refractivity contribution in [2.75, 3.05) is 32.9 Å². The van der Waals surface area contributed by atoms with Crippen molar-refractivity contribution in [2.45, 2.75) is 70.2 Å². The third-order valence-electron chi connectivity index (χ3n) is 6.22. The molecule has 1 unspecified atom stereocenters. The van der Waals surface area contributed by atoms with Gasteiger partial charge in [0.2, 0.25) is 11.8 Å². The van der Waals surface area contributed by atoms with Crippen molar-refractivity contribution in [3.05, 3.63) is 0 Å².